The molecule has 10 nitrogen and oxygen atoms in total. The van der Waals surface area contributed by atoms with Crippen molar-refractivity contribution in [3.05, 3.63) is 100.0 Å². The van der Waals surface area contributed by atoms with Crippen LogP contribution >= 0.6 is 11.3 Å². The van der Waals surface area contributed by atoms with Gasteiger partial charge in [-0.2, -0.15) is 0 Å². The van der Waals surface area contributed by atoms with Crippen molar-refractivity contribution in [2.45, 2.75) is 58.8 Å². The largest absolute Gasteiger partial charge is 0.402 e. The lowest BCUT2D eigenvalue weighted by Gasteiger charge is -2.08. The van der Waals surface area contributed by atoms with Gasteiger partial charge in [-0.25, -0.2) is 0 Å². The summed E-state index contributed by atoms with van der Waals surface area (Å²) in [4.78, 5) is 36.8. The molecule has 3 rings (SSSR count). The summed E-state index contributed by atoms with van der Waals surface area (Å²) < 4.78 is 0. The zero-order chi connectivity index (χ0) is 31.0. The highest BCUT2D eigenvalue weighted by molar-refractivity contribution is 7.15. The van der Waals surface area contributed by atoms with Crippen molar-refractivity contribution >= 4 is 34.2 Å². The number of anilines is 1. The highest BCUT2D eigenvalue weighted by Crippen LogP contribution is 2.18. The van der Waals surface area contributed by atoms with E-state index >= 15 is 0 Å². The molecule has 3 amide bonds. The number of amides is 3. The summed E-state index contributed by atoms with van der Waals surface area (Å²) in [7, 11) is 0. The SMILES string of the molecule is CC(C)CNC(=O)Cc1cccc(CC(=O)Nc2nnc(CCCC/C(N)=C/C=C(\N)NC(=O)Cc3ccccc3)s2)c1. The summed E-state index contributed by atoms with van der Waals surface area (Å²) >= 11 is 1.35. The van der Waals surface area contributed by atoms with Crippen LogP contribution in [0.4, 0.5) is 5.13 Å². The van der Waals surface area contributed by atoms with Gasteiger partial charge in [0.2, 0.25) is 22.9 Å². The number of nitrogens with one attached hydrogen (secondary N) is 3. The fraction of sp³-hybridized carbons (Fsp3) is 0.344. The molecule has 0 saturated heterocycles. The van der Waals surface area contributed by atoms with Crippen molar-refractivity contribution in [3.8, 4) is 0 Å². The Kier molecular flexibility index (Phi) is 13.4. The molecule has 0 atom stereocenters. The molecule has 2 aromatic carbocycles. The summed E-state index contributed by atoms with van der Waals surface area (Å²) in [5.74, 6) is 0.224. The standard InChI is InChI=1S/C32H41N7O3S/c1-22(2)21-35-28(40)19-24-11-8-12-25(17-24)20-30(42)37-32-39-38-31(43-32)14-7-6-13-26(33)15-16-27(34)36-29(41)18-23-9-4-3-5-10-23/h3-5,8-12,15-17,22H,6-7,13-14,18-21,33-34H2,1-2H3,(H,35,40)(H,36,41)(H,37,39,42)/b26-15-,27-16+. The minimum Gasteiger partial charge on any atom is -0.402 e. The number of rotatable bonds is 16. The smallest absolute Gasteiger partial charge is 0.230 e. The van der Waals surface area contributed by atoms with E-state index in [-0.39, 0.29) is 42.8 Å². The van der Waals surface area contributed by atoms with Crippen LogP contribution in [-0.4, -0.2) is 34.5 Å². The highest BCUT2D eigenvalue weighted by atomic mass is 32.1. The van der Waals surface area contributed by atoms with Gasteiger partial charge in [-0.15, -0.1) is 10.2 Å². The van der Waals surface area contributed by atoms with Gasteiger partial charge in [0.05, 0.1) is 19.3 Å². The Morgan fingerprint density at radius 2 is 1.51 bits per heavy atom. The number of hydrogen-bond donors (Lipinski definition) is 5. The molecule has 0 spiro atoms. The van der Waals surface area contributed by atoms with Gasteiger partial charge < -0.3 is 27.4 Å². The van der Waals surface area contributed by atoms with E-state index in [0.29, 0.717) is 29.7 Å². The van der Waals surface area contributed by atoms with Crippen LogP contribution in [0, 0.1) is 5.92 Å². The Hall–Kier alpha value is -4.51. The molecule has 3 aromatic rings. The van der Waals surface area contributed by atoms with Gasteiger partial charge in [0.25, 0.3) is 0 Å². The highest BCUT2D eigenvalue weighted by Gasteiger charge is 2.11. The van der Waals surface area contributed by atoms with E-state index in [1.807, 2.05) is 68.4 Å². The number of carbonyl (C=O) groups is 3. The molecule has 11 heteroatoms. The molecule has 43 heavy (non-hydrogen) atoms. The van der Waals surface area contributed by atoms with Crippen LogP contribution in [0.3, 0.4) is 0 Å². The van der Waals surface area contributed by atoms with Gasteiger partial charge in [-0.05, 0) is 54.0 Å². The lowest BCUT2D eigenvalue weighted by atomic mass is 10.1. The van der Waals surface area contributed by atoms with E-state index in [1.54, 1.807) is 12.2 Å². The molecule has 0 aliphatic heterocycles. The number of nitrogens with zero attached hydrogens (tertiary/aromatic N) is 2. The van der Waals surface area contributed by atoms with Crippen LogP contribution in [0.15, 0.2) is 78.3 Å². The average Bonchev–Trinajstić information content (AvgIpc) is 3.40. The zero-order valence-corrected chi connectivity index (χ0v) is 25.6. The van der Waals surface area contributed by atoms with Gasteiger partial charge in [0, 0.05) is 18.7 Å². The molecular weight excluding hydrogens is 562 g/mol. The molecule has 1 aromatic heterocycles. The van der Waals surface area contributed by atoms with Crippen molar-refractivity contribution in [2.75, 3.05) is 11.9 Å². The first-order valence-corrected chi connectivity index (χ1v) is 15.2. The van der Waals surface area contributed by atoms with Crippen LogP contribution in [0.2, 0.25) is 0 Å². The fourth-order valence-electron chi connectivity index (χ4n) is 4.08. The van der Waals surface area contributed by atoms with E-state index in [2.05, 4.69) is 26.1 Å². The molecule has 1 heterocycles. The van der Waals surface area contributed by atoms with E-state index in [4.69, 9.17) is 11.5 Å². The van der Waals surface area contributed by atoms with Crippen molar-refractivity contribution in [2.24, 2.45) is 17.4 Å². The van der Waals surface area contributed by atoms with Crippen molar-refractivity contribution < 1.29 is 14.4 Å². The minimum atomic E-state index is -0.189. The Labute approximate surface area is 257 Å². The molecule has 0 unspecified atom stereocenters. The number of allylic oxidation sites excluding steroid dienone is 3. The Bertz CT molecular complexity index is 1420. The molecule has 7 N–H and O–H groups in total. The van der Waals surface area contributed by atoms with Crippen LogP contribution < -0.4 is 27.4 Å². The number of carbonyl (C=O) groups excluding carboxylic acids is 3. The minimum absolute atomic E-state index is 0.0305. The summed E-state index contributed by atoms with van der Waals surface area (Å²) in [6, 6.07) is 16.9. The number of benzene rings is 2. The normalized spacial score (nSPS) is 11.8. The second-order valence-corrected chi connectivity index (χ2v) is 11.8. The number of aryl methyl sites for hydroxylation is 1. The molecule has 228 valence electrons. The van der Waals surface area contributed by atoms with E-state index < -0.39 is 0 Å². The number of nitrogens with two attached hydrogens (primary N) is 2. The maximum Gasteiger partial charge on any atom is 0.230 e. The lowest BCUT2D eigenvalue weighted by Crippen LogP contribution is -2.28. The predicted octanol–water partition coefficient (Wildman–Crippen LogP) is 3.75. The third kappa shape index (κ3) is 13.3. The van der Waals surface area contributed by atoms with Gasteiger partial charge in [0.1, 0.15) is 10.8 Å². The maximum atomic E-state index is 12.6. The monoisotopic (exact) mass is 603 g/mol. The Morgan fingerprint density at radius 1 is 0.837 bits per heavy atom. The van der Waals surface area contributed by atoms with Gasteiger partial charge in [0.15, 0.2) is 0 Å². The van der Waals surface area contributed by atoms with Crippen molar-refractivity contribution in [3.63, 3.8) is 0 Å². The van der Waals surface area contributed by atoms with Crippen molar-refractivity contribution in [1.82, 2.24) is 20.8 Å². The third-order valence-corrected chi connectivity index (χ3v) is 7.11. The van der Waals surface area contributed by atoms with Crippen LogP contribution in [-0.2, 0) is 40.1 Å². The number of hydrogen-bond acceptors (Lipinski definition) is 8. The molecule has 0 aliphatic carbocycles. The predicted molar refractivity (Wildman–Crippen MR) is 171 cm³/mol. The lowest BCUT2D eigenvalue weighted by molar-refractivity contribution is -0.121. The topological polar surface area (TPSA) is 165 Å². The van der Waals surface area contributed by atoms with E-state index in [0.717, 1.165) is 41.0 Å². The molecular formula is C32H41N7O3S. The average molecular weight is 604 g/mol. The van der Waals surface area contributed by atoms with Crippen LogP contribution in [0.25, 0.3) is 0 Å². The second-order valence-electron chi connectivity index (χ2n) is 10.7. The van der Waals surface area contributed by atoms with Gasteiger partial charge >= 0.3 is 0 Å². The van der Waals surface area contributed by atoms with Gasteiger partial charge in [-0.3, -0.25) is 14.4 Å². The molecule has 0 aliphatic rings. The maximum absolute atomic E-state index is 12.6. The number of unbranched alkanes of at least 4 members (excludes halogenated alkanes) is 1. The molecule has 0 bridgehead atoms. The Morgan fingerprint density at radius 3 is 2.23 bits per heavy atom. The summed E-state index contributed by atoms with van der Waals surface area (Å²) in [5, 5.41) is 18.0. The summed E-state index contributed by atoms with van der Waals surface area (Å²) in [6.07, 6.45) is 7.08. The molecule has 0 radical (unpaired) electrons. The first-order chi connectivity index (χ1) is 20.7. The van der Waals surface area contributed by atoms with Crippen molar-refractivity contribution in [1.29, 1.82) is 0 Å². The first-order valence-electron chi connectivity index (χ1n) is 14.4. The van der Waals surface area contributed by atoms with E-state index in [9.17, 15) is 14.4 Å². The van der Waals surface area contributed by atoms with Crippen LogP contribution in [0.1, 0.15) is 54.8 Å². The first kappa shape index (κ1) is 33.0. The zero-order valence-electron chi connectivity index (χ0n) is 24.8. The van der Waals surface area contributed by atoms with E-state index in [1.165, 1.54) is 11.3 Å². The second kappa shape index (κ2) is 17.4. The quantitative estimate of drug-likeness (QED) is 0.123. The third-order valence-electron chi connectivity index (χ3n) is 6.22. The summed E-state index contributed by atoms with van der Waals surface area (Å²) in [5.41, 5.74) is 15.3. The fourth-order valence-corrected chi connectivity index (χ4v) is 4.88. The molecule has 0 saturated carbocycles. The summed E-state index contributed by atoms with van der Waals surface area (Å²) in [6.45, 7) is 4.74. The van der Waals surface area contributed by atoms with Crippen LogP contribution in [0.5, 0.6) is 0 Å². The number of aromatic nitrogens is 2. The Balaban J connectivity index is 1.35. The molecule has 0 fully saturated rings. The van der Waals surface area contributed by atoms with Gasteiger partial charge in [-0.1, -0.05) is 79.8 Å².